The summed E-state index contributed by atoms with van der Waals surface area (Å²) in [6.07, 6.45) is 2.19. The summed E-state index contributed by atoms with van der Waals surface area (Å²) in [5, 5.41) is 2.73. The molecule has 1 N–H and O–H groups in total. The molecule has 2 rings (SSSR count). The van der Waals surface area contributed by atoms with Crippen LogP contribution in [-0.4, -0.2) is 47.7 Å². The third-order valence-electron chi connectivity index (χ3n) is 3.41. The SMILES string of the molecule is CCn1cc(Br)cc1C(=O)N1CCC(NC(=O)OC)C1. The average molecular weight is 344 g/mol. The minimum Gasteiger partial charge on any atom is -0.453 e. The van der Waals surface area contributed by atoms with Crippen LogP contribution in [0.4, 0.5) is 4.79 Å². The number of likely N-dealkylation sites (tertiary alicyclic amines) is 1. The molecule has 110 valence electrons. The van der Waals surface area contributed by atoms with Gasteiger partial charge in [0.1, 0.15) is 5.69 Å². The monoisotopic (exact) mass is 343 g/mol. The molecule has 1 saturated heterocycles. The fraction of sp³-hybridized carbons (Fsp3) is 0.538. The number of rotatable bonds is 3. The molecule has 7 heteroatoms. The van der Waals surface area contributed by atoms with Gasteiger partial charge in [-0.2, -0.15) is 0 Å². The number of amides is 2. The summed E-state index contributed by atoms with van der Waals surface area (Å²) in [5.74, 6) is -0.00767. The van der Waals surface area contributed by atoms with Crippen molar-refractivity contribution in [3.63, 3.8) is 0 Å². The van der Waals surface area contributed by atoms with Gasteiger partial charge in [-0.1, -0.05) is 0 Å². The molecule has 0 radical (unpaired) electrons. The fourth-order valence-corrected chi connectivity index (χ4v) is 2.83. The van der Waals surface area contributed by atoms with Crippen LogP contribution in [0.2, 0.25) is 0 Å². The van der Waals surface area contributed by atoms with Gasteiger partial charge in [0.2, 0.25) is 0 Å². The van der Waals surface area contributed by atoms with Gasteiger partial charge in [-0.25, -0.2) is 4.79 Å². The van der Waals surface area contributed by atoms with Gasteiger partial charge < -0.3 is 19.5 Å². The van der Waals surface area contributed by atoms with Crippen molar-refractivity contribution < 1.29 is 14.3 Å². The first-order valence-electron chi connectivity index (χ1n) is 6.54. The first kappa shape index (κ1) is 14.9. The molecule has 20 heavy (non-hydrogen) atoms. The molecule has 1 aromatic heterocycles. The summed E-state index contributed by atoms with van der Waals surface area (Å²) in [6, 6.07) is 1.78. The van der Waals surface area contributed by atoms with Gasteiger partial charge in [-0.05, 0) is 35.3 Å². The summed E-state index contributed by atoms with van der Waals surface area (Å²) in [7, 11) is 1.33. The van der Waals surface area contributed by atoms with Crippen LogP contribution >= 0.6 is 15.9 Å². The minimum absolute atomic E-state index is 0.00767. The molecule has 0 spiro atoms. The molecular weight excluding hydrogens is 326 g/mol. The highest BCUT2D eigenvalue weighted by Crippen LogP contribution is 2.19. The second-order valence-corrected chi connectivity index (χ2v) is 5.62. The Morgan fingerprint density at radius 3 is 2.95 bits per heavy atom. The lowest BCUT2D eigenvalue weighted by molar-refractivity contribution is 0.0777. The van der Waals surface area contributed by atoms with E-state index < -0.39 is 6.09 Å². The Morgan fingerprint density at radius 2 is 2.30 bits per heavy atom. The number of ether oxygens (including phenoxy) is 1. The van der Waals surface area contributed by atoms with E-state index in [9.17, 15) is 9.59 Å². The molecule has 6 nitrogen and oxygen atoms in total. The van der Waals surface area contributed by atoms with E-state index in [-0.39, 0.29) is 11.9 Å². The molecule has 1 unspecified atom stereocenters. The van der Waals surface area contributed by atoms with E-state index in [4.69, 9.17) is 0 Å². The lowest BCUT2D eigenvalue weighted by Gasteiger charge is -2.17. The minimum atomic E-state index is -0.455. The molecule has 1 aliphatic heterocycles. The van der Waals surface area contributed by atoms with Gasteiger partial charge in [-0.15, -0.1) is 0 Å². The number of hydrogen-bond acceptors (Lipinski definition) is 3. The van der Waals surface area contributed by atoms with Crippen molar-refractivity contribution in [3.05, 3.63) is 22.4 Å². The van der Waals surface area contributed by atoms with Crippen LogP contribution in [0.3, 0.4) is 0 Å². The summed E-state index contributed by atoms with van der Waals surface area (Å²) >= 11 is 3.39. The predicted octanol–water partition coefficient (Wildman–Crippen LogP) is 1.84. The molecular formula is C13H18BrN3O3. The fourth-order valence-electron chi connectivity index (χ4n) is 2.37. The van der Waals surface area contributed by atoms with Crippen LogP contribution in [0.5, 0.6) is 0 Å². The van der Waals surface area contributed by atoms with Gasteiger partial charge >= 0.3 is 6.09 Å². The third kappa shape index (κ3) is 3.15. The summed E-state index contributed by atoms with van der Waals surface area (Å²) < 4.78 is 7.37. The van der Waals surface area contributed by atoms with Crippen LogP contribution < -0.4 is 5.32 Å². The highest BCUT2D eigenvalue weighted by molar-refractivity contribution is 9.10. The van der Waals surface area contributed by atoms with Gasteiger partial charge in [0.25, 0.3) is 5.91 Å². The van der Waals surface area contributed by atoms with Gasteiger partial charge in [0, 0.05) is 30.3 Å². The zero-order valence-electron chi connectivity index (χ0n) is 11.6. The molecule has 0 aromatic carbocycles. The Balaban J connectivity index is 2.02. The molecule has 1 fully saturated rings. The zero-order valence-corrected chi connectivity index (χ0v) is 13.1. The van der Waals surface area contributed by atoms with Crippen LogP contribution in [0.1, 0.15) is 23.8 Å². The number of aryl methyl sites for hydroxylation is 1. The second-order valence-electron chi connectivity index (χ2n) is 4.70. The normalized spacial score (nSPS) is 18.1. The maximum atomic E-state index is 12.5. The highest BCUT2D eigenvalue weighted by atomic mass is 79.9. The summed E-state index contributed by atoms with van der Waals surface area (Å²) in [6.45, 7) is 3.89. The van der Waals surface area contributed by atoms with Crippen molar-refractivity contribution in [3.8, 4) is 0 Å². The standard InChI is InChI=1S/C13H18BrN3O3/c1-3-16-7-9(14)6-11(16)12(18)17-5-4-10(8-17)15-13(19)20-2/h6-7,10H,3-5,8H2,1-2H3,(H,15,19). The lowest BCUT2D eigenvalue weighted by Crippen LogP contribution is -2.38. The number of hydrogen-bond donors (Lipinski definition) is 1. The van der Waals surface area contributed by atoms with E-state index in [2.05, 4.69) is 26.0 Å². The number of nitrogens with one attached hydrogen (secondary N) is 1. The first-order valence-corrected chi connectivity index (χ1v) is 7.34. The van der Waals surface area contributed by atoms with Gasteiger partial charge in [0.05, 0.1) is 13.2 Å². The predicted molar refractivity (Wildman–Crippen MR) is 77.7 cm³/mol. The average Bonchev–Trinajstić information content (AvgIpc) is 3.04. The van der Waals surface area contributed by atoms with Crippen LogP contribution in [-0.2, 0) is 11.3 Å². The molecule has 0 aliphatic carbocycles. The smallest absolute Gasteiger partial charge is 0.407 e. The van der Waals surface area contributed by atoms with Crippen LogP contribution in [0, 0.1) is 0 Å². The summed E-state index contributed by atoms with van der Waals surface area (Å²) in [4.78, 5) is 25.4. The second kappa shape index (κ2) is 6.30. The number of alkyl carbamates (subject to hydrolysis) is 1. The lowest BCUT2D eigenvalue weighted by atomic mass is 10.3. The zero-order chi connectivity index (χ0) is 14.7. The number of aromatic nitrogens is 1. The van der Waals surface area contributed by atoms with Crippen molar-refractivity contribution in [1.29, 1.82) is 0 Å². The molecule has 0 saturated carbocycles. The molecule has 1 aromatic rings. The Morgan fingerprint density at radius 1 is 1.55 bits per heavy atom. The Bertz CT molecular complexity index is 515. The Labute approximate surface area is 126 Å². The molecule has 1 aliphatic rings. The van der Waals surface area contributed by atoms with Crippen molar-refractivity contribution in [2.45, 2.75) is 25.9 Å². The van der Waals surface area contributed by atoms with Crippen molar-refractivity contribution in [2.75, 3.05) is 20.2 Å². The topological polar surface area (TPSA) is 63.6 Å². The largest absolute Gasteiger partial charge is 0.453 e. The van der Waals surface area contributed by atoms with E-state index in [1.165, 1.54) is 7.11 Å². The van der Waals surface area contributed by atoms with E-state index >= 15 is 0 Å². The Hall–Kier alpha value is -1.50. The third-order valence-corrected chi connectivity index (χ3v) is 3.84. The van der Waals surface area contributed by atoms with Crippen LogP contribution in [0.15, 0.2) is 16.7 Å². The maximum absolute atomic E-state index is 12.5. The number of carbonyl (C=O) groups is 2. The first-order chi connectivity index (χ1) is 9.55. The van der Waals surface area contributed by atoms with Crippen LogP contribution in [0.25, 0.3) is 0 Å². The Kier molecular flexibility index (Phi) is 4.69. The van der Waals surface area contributed by atoms with Crippen molar-refractivity contribution >= 4 is 27.9 Å². The van der Waals surface area contributed by atoms with Gasteiger partial charge in [-0.3, -0.25) is 4.79 Å². The molecule has 0 bridgehead atoms. The highest BCUT2D eigenvalue weighted by Gasteiger charge is 2.29. The van der Waals surface area contributed by atoms with E-state index in [1.807, 2.05) is 23.8 Å². The van der Waals surface area contributed by atoms with E-state index in [0.29, 0.717) is 18.8 Å². The van der Waals surface area contributed by atoms with E-state index in [0.717, 1.165) is 17.4 Å². The number of carbonyl (C=O) groups excluding carboxylic acids is 2. The quantitative estimate of drug-likeness (QED) is 0.910. The number of methoxy groups -OCH3 is 1. The van der Waals surface area contributed by atoms with E-state index in [1.54, 1.807) is 4.90 Å². The molecule has 2 heterocycles. The van der Waals surface area contributed by atoms with Crippen molar-refractivity contribution in [2.24, 2.45) is 0 Å². The summed E-state index contributed by atoms with van der Waals surface area (Å²) in [5.41, 5.74) is 0.665. The number of halogens is 1. The number of nitrogens with zero attached hydrogens (tertiary/aromatic N) is 2. The van der Waals surface area contributed by atoms with Gasteiger partial charge in [0.15, 0.2) is 0 Å². The maximum Gasteiger partial charge on any atom is 0.407 e. The molecule has 1 atom stereocenters. The van der Waals surface area contributed by atoms with Crippen molar-refractivity contribution in [1.82, 2.24) is 14.8 Å². The molecule has 2 amide bonds.